The molecule has 0 saturated heterocycles. The van der Waals surface area contributed by atoms with Gasteiger partial charge >= 0.3 is 0 Å². The Balaban J connectivity index is 0.00000312. The molecule has 3 N–H and O–H groups in total. The second-order valence-electron chi connectivity index (χ2n) is 6.93. The summed E-state index contributed by atoms with van der Waals surface area (Å²) in [7, 11) is 1.64. The van der Waals surface area contributed by atoms with Crippen LogP contribution >= 0.6 is 12.4 Å². The summed E-state index contributed by atoms with van der Waals surface area (Å²) in [4.78, 5) is 12.2. The molecular formula is C19H31ClN2O3. The Bertz CT molecular complexity index is 545. The van der Waals surface area contributed by atoms with Gasteiger partial charge in [0.05, 0.1) is 19.3 Å². The molecule has 0 unspecified atom stereocenters. The number of halogens is 1. The molecule has 1 saturated carbocycles. The Morgan fingerprint density at radius 3 is 2.60 bits per heavy atom. The number of nitrogens with one attached hydrogen (secondary N) is 1. The zero-order chi connectivity index (χ0) is 17.5. The van der Waals surface area contributed by atoms with Crippen molar-refractivity contribution >= 4 is 18.3 Å². The van der Waals surface area contributed by atoms with Gasteiger partial charge in [-0.15, -0.1) is 12.4 Å². The molecule has 0 bridgehead atoms. The largest absolute Gasteiger partial charge is 0.493 e. The maximum absolute atomic E-state index is 12.2. The first kappa shape index (κ1) is 21.6. The van der Waals surface area contributed by atoms with Gasteiger partial charge in [-0.05, 0) is 44.1 Å². The smallest absolute Gasteiger partial charge is 0.237 e. The third-order valence-corrected chi connectivity index (χ3v) is 4.38. The van der Waals surface area contributed by atoms with Crippen LogP contribution in [-0.2, 0) is 11.3 Å². The van der Waals surface area contributed by atoms with Crippen LogP contribution in [0.3, 0.4) is 0 Å². The normalized spacial score (nSPS) is 15.6. The lowest BCUT2D eigenvalue weighted by Gasteiger charge is -2.20. The molecule has 1 amide bonds. The molecule has 1 fully saturated rings. The van der Waals surface area contributed by atoms with E-state index in [2.05, 4.69) is 19.2 Å². The fourth-order valence-corrected chi connectivity index (χ4v) is 3.10. The SMILES string of the molecule is COc1cccc(CNC(=O)[C@@H](N)CC(C)C)c1OC1CCCC1.Cl. The third-order valence-electron chi connectivity index (χ3n) is 4.38. The Kier molecular flexibility index (Phi) is 9.08. The number of rotatable bonds is 8. The van der Waals surface area contributed by atoms with Gasteiger partial charge in [-0.1, -0.05) is 26.0 Å². The summed E-state index contributed by atoms with van der Waals surface area (Å²) < 4.78 is 11.6. The summed E-state index contributed by atoms with van der Waals surface area (Å²) in [5.74, 6) is 1.71. The van der Waals surface area contributed by atoms with Crippen molar-refractivity contribution in [3.8, 4) is 11.5 Å². The van der Waals surface area contributed by atoms with E-state index in [1.807, 2.05) is 18.2 Å². The van der Waals surface area contributed by atoms with Crippen molar-refractivity contribution in [1.29, 1.82) is 0 Å². The van der Waals surface area contributed by atoms with Crippen molar-refractivity contribution in [2.24, 2.45) is 11.7 Å². The van der Waals surface area contributed by atoms with Gasteiger partial charge in [-0.2, -0.15) is 0 Å². The van der Waals surface area contributed by atoms with Crippen LogP contribution in [0.5, 0.6) is 11.5 Å². The highest BCUT2D eigenvalue weighted by atomic mass is 35.5. The van der Waals surface area contributed by atoms with Crippen LogP contribution in [0.15, 0.2) is 18.2 Å². The number of benzene rings is 1. The van der Waals surface area contributed by atoms with Gasteiger partial charge in [0.25, 0.3) is 0 Å². The minimum Gasteiger partial charge on any atom is -0.493 e. The maximum Gasteiger partial charge on any atom is 0.237 e. The van der Waals surface area contributed by atoms with E-state index >= 15 is 0 Å². The van der Waals surface area contributed by atoms with Crippen molar-refractivity contribution in [2.45, 2.75) is 64.6 Å². The van der Waals surface area contributed by atoms with E-state index in [0.717, 1.165) is 24.2 Å². The van der Waals surface area contributed by atoms with Crippen LogP contribution in [-0.4, -0.2) is 25.2 Å². The molecule has 1 aromatic rings. The van der Waals surface area contributed by atoms with Gasteiger partial charge in [0.2, 0.25) is 5.91 Å². The summed E-state index contributed by atoms with van der Waals surface area (Å²) in [5.41, 5.74) is 6.86. The number of nitrogens with two attached hydrogens (primary N) is 1. The molecule has 2 rings (SSSR count). The first-order valence-corrected chi connectivity index (χ1v) is 8.87. The summed E-state index contributed by atoms with van der Waals surface area (Å²) in [6.07, 6.45) is 5.46. The summed E-state index contributed by atoms with van der Waals surface area (Å²) in [5, 5.41) is 2.92. The van der Waals surface area contributed by atoms with E-state index in [-0.39, 0.29) is 24.4 Å². The lowest BCUT2D eigenvalue weighted by atomic mass is 10.0. The summed E-state index contributed by atoms with van der Waals surface area (Å²) in [6.45, 7) is 4.51. The van der Waals surface area contributed by atoms with Crippen LogP contribution in [0.4, 0.5) is 0 Å². The van der Waals surface area contributed by atoms with E-state index in [1.54, 1.807) is 7.11 Å². The minimum absolute atomic E-state index is 0. The van der Waals surface area contributed by atoms with Crippen LogP contribution in [0, 0.1) is 5.92 Å². The van der Waals surface area contributed by atoms with Gasteiger partial charge in [-0.3, -0.25) is 4.79 Å². The molecule has 1 atom stereocenters. The maximum atomic E-state index is 12.2. The van der Waals surface area contributed by atoms with Crippen molar-refractivity contribution in [2.75, 3.05) is 7.11 Å². The predicted molar refractivity (Wildman–Crippen MR) is 102 cm³/mol. The monoisotopic (exact) mass is 370 g/mol. The van der Waals surface area contributed by atoms with E-state index in [4.69, 9.17) is 15.2 Å². The highest BCUT2D eigenvalue weighted by Gasteiger charge is 2.21. The number of ether oxygens (including phenoxy) is 2. The van der Waals surface area contributed by atoms with Gasteiger partial charge in [-0.25, -0.2) is 0 Å². The quantitative estimate of drug-likeness (QED) is 0.735. The van der Waals surface area contributed by atoms with Crippen molar-refractivity contribution in [1.82, 2.24) is 5.32 Å². The van der Waals surface area contributed by atoms with Crippen LogP contribution in [0.1, 0.15) is 51.5 Å². The predicted octanol–water partition coefficient (Wildman–Crippen LogP) is 3.43. The molecule has 5 nitrogen and oxygen atoms in total. The lowest BCUT2D eigenvalue weighted by Crippen LogP contribution is -2.41. The Labute approximate surface area is 157 Å². The van der Waals surface area contributed by atoms with Gasteiger partial charge in [0, 0.05) is 12.1 Å². The van der Waals surface area contributed by atoms with Crippen molar-refractivity contribution in [3.05, 3.63) is 23.8 Å². The Morgan fingerprint density at radius 1 is 1.32 bits per heavy atom. The first-order chi connectivity index (χ1) is 11.5. The van der Waals surface area contributed by atoms with Gasteiger partial charge in [0.15, 0.2) is 11.5 Å². The molecule has 1 aliphatic carbocycles. The number of hydrogen-bond donors (Lipinski definition) is 2. The summed E-state index contributed by atoms with van der Waals surface area (Å²) >= 11 is 0. The van der Waals surface area contributed by atoms with Gasteiger partial charge in [0.1, 0.15) is 0 Å². The third kappa shape index (κ3) is 6.40. The fourth-order valence-electron chi connectivity index (χ4n) is 3.10. The highest BCUT2D eigenvalue weighted by molar-refractivity contribution is 5.85. The molecule has 25 heavy (non-hydrogen) atoms. The van der Waals surface area contributed by atoms with Crippen LogP contribution in [0.25, 0.3) is 0 Å². The number of amides is 1. The Hall–Kier alpha value is -1.46. The molecule has 142 valence electrons. The fraction of sp³-hybridized carbons (Fsp3) is 0.632. The molecule has 0 spiro atoms. The number of methoxy groups -OCH3 is 1. The zero-order valence-corrected chi connectivity index (χ0v) is 16.2. The Morgan fingerprint density at radius 2 is 2.00 bits per heavy atom. The second-order valence-corrected chi connectivity index (χ2v) is 6.93. The molecule has 1 aromatic carbocycles. The molecule has 1 aliphatic rings. The van der Waals surface area contributed by atoms with Gasteiger partial charge < -0.3 is 20.5 Å². The number of carbonyl (C=O) groups excluding carboxylic acids is 1. The average molecular weight is 371 g/mol. The highest BCUT2D eigenvalue weighted by Crippen LogP contribution is 2.34. The van der Waals surface area contributed by atoms with E-state index in [9.17, 15) is 4.79 Å². The van der Waals surface area contributed by atoms with E-state index in [1.165, 1.54) is 12.8 Å². The topological polar surface area (TPSA) is 73.6 Å². The molecule has 0 heterocycles. The van der Waals surface area contributed by atoms with Crippen LogP contribution in [0.2, 0.25) is 0 Å². The van der Waals surface area contributed by atoms with E-state index < -0.39 is 6.04 Å². The average Bonchev–Trinajstić information content (AvgIpc) is 3.05. The molecular weight excluding hydrogens is 340 g/mol. The standard InChI is InChI=1S/C19H30N2O3.ClH/c1-13(2)11-16(20)19(22)21-12-14-7-6-10-17(23-3)18(14)24-15-8-4-5-9-15;/h6-7,10,13,15-16H,4-5,8-9,11-12,20H2,1-3H3,(H,21,22);1H/t16-;/m0./s1. The van der Waals surface area contributed by atoms with Crippen LogP contribution < -0.4 is 20.5 Å². The van der Waals surface area contributed by atoms with E-state index in [0.29, 0.717) is 24.6 Å². The first-order valence-electron chi connectivity index (χ1n) is 8.87. The number of hydrogen-bond acceptors (Lipinski definition) is 4. The molecule has 0 radical (unpaired) electrons. The minimum atomic E-state index is -0.477. The van der Waals surface area contributed by atoms with Crippen molar-refractivity contribution in [3.63, 3.8) is 0 Å². The summed E-state index contributed by atoms with van der Waals surface area (Å²) in [6, 6.07) is 5.28. The second kappa shape index (κ2) is 10.5. The molecule has 6 heteroatoms. The molecule has 0 aliphatic heterocycles. The number of carbonyl (C=O) groups is 1. The zero-order valence-electron chi connectivity index (χ0n) is 15.4. The van der Waals surface area contributed by atoms with Crippen molar-refractivity contribution < 1.29 is 14.3 Å². The number of para-hydroxylation sites is 1. The lowest BCUT2D eigenvalue weighted by molar-refractivity contribution is -0.122. The molecule has 0 aromatic heterocycles.